The molecule has 0 aliphatic rings. The first-order valence-electron chi connectivity index (χ1n) is 7.34. The number of likely N-dealkylation sites (N-methyl/N-ethyl adjacent to an activating group) is 1. The SMILES string of the molecule is COc1cc(C(=O)Nc2cnn(CCN(C)C)c2)cc(OC)c1Br. The highest BCUT2D eigenvalue weighted by Gasteiger charge is 2.15. The summed E-state index contributed by atoms with van der Waals surface area (Å²) in [5.41, 5.74) is 1.08. The quantitative estimate of drug-likeness (QED) is 0.778. The molecule has 7 nitrogen and oxygen atoms in total. The van der Waals surface area contributed by atoms with Gasteiger partial charge in [-0.2, -0.15) is 5.10 Å². The van der Waals surface area contributed by atoms with E-state index in [-0.39, 0.29) is 5.91 Å². The molecule has 1 N–H and O–H groups in total. The standard InChI is InChI=1S/C16H21BrN4O3/c1-20(2)5-6-21-10-12(9-18-21)19-16(22)11-7-13(23-3)15(17)14(8-11)24-4/h7-10H,5-6H2,1-4H3,(H,19,22). The number of hydrogen-bond acceptors (Lipinski definition) is 5. The molecular weight excluding hydrogens is 376 g/mol. The molecular formula is C16H21BrN4O3. The fourth-order valence-corrected chi connectivity index (χ4v) is 2.61. The first kappa shape index (κ1) is 18.3. The first-order chi connectivity index (χ1) is 11.4. The lowest BCUT2D eigenvalue weighted by Crippen LogP contribution is -2.18. The Bertz CT molecular complexity index is 690. The number of ether oxygens (including phenoxy) is 2. The van der Waals surface area contributed by atoms with Gasteiger partial charge in [0, 0.05) is 18.3 Å². The van der Waals surface area contributed by atoms with Crippen molar-refractivity contribution < 1.29 is 14.3 Å². The Balaban J connectivity index is 2.12. The van der Waals surface area contributed by atoms with E-state index in [4.69, 9.17) is 9.47 Å². The van der Waals surface area contributed by atoms with Crippen molar-refractivity contribution in [3.05, 3.63) is 34.6 Å². The molecule has 0 fully saturated rings. The summed E-state index contributed by atoms with van der Waals surface area (Å²) < 4.78 is 13.0. The molecule has 0 saturated heterocycles. The Morgan fingerprint density at radius 2 is 1.92 bits per heavy atom. The van der Waals surface area contributed by atoms with E-state index >= 15 is 0 Å². The summed E-state index contributed by atoms with van der Waals surface area (Å²) in [5.74, 6) is 0.800. The van der Waals surface area contributed by atoms with E-state index in [0.717, 1.165) is 13.1 Å². The lowest BCUT2D eigenvalue weighted by atomic mass is 10.2. The molecule has 1 amide bonds. The van der Waals surface area contributed by atoms with E-state index in [1.54, 1.807) is 29.2 Å². The van der Waals surface area contributed by atoms with Crippen LogP contribution in [0.25, 0.3) is 0 Å². The zero-order valence-electron chi connectivity index (χ0n) is 14.2. The van der Waals surface area contributed by atoms with Gasteiger partial charge >= 0.3 is 0 Å². The number of amides is 1. The van der Waals surface area contributed by atoms with Crippen molar-refractivity contribution in [2.45, 2.75) is 6.54 Å². The summed E-state index contributed by atoms with van der Waals surface area (Å²) in [4.78, 5) is 14.5. The van der Waals surface area contributed by atoms with Gasteiger partial charge in [0.1, 0.15) is 16.0 Å². The molecule has 1 aromatic heterocycles. The molecule has 0 saturated carbocycles. The summed E-state index contributed by atoms with van der Waals surface area (Å²) in [5, 5.41) is 7.06. The largest absolute Gasteiger partial charge is 0.495 e. The van der Waals surface area contributed by atoms with Gasteiger partial charge in [0.2, 0.25) is 0 Å². The normalized spacial score (nSPS) is 10.8. The maximum absolute atomic E-state index is 12.5. The molecule has 2 rings (SSSR count). The van der Waals surface area contributed by atoms with Crippen LogP contribution in [0.5, 0.6) is 11.5 Å². The zero-order chi connectivity index (χ0) is 17.7. The van der Waals surface area contributed by atoms with Gasteiger partial charge in [-0.15, -0.1) is 0 Å². The zero-order valence-corrected chi connectivity index (χ0v) is 15.8. The lowest BCUT2D eigenvalue weighted by molar-refractivity contribution is 0.102. The number of hydrogen-bond donors (Lipinski definition) is 1. The molecule has 24 heavy (non-hydrogen) atoms. The van der Waals surface area contributed by atoms with Crippen LogP contribution in [0.2, 0.25) is 0 Å². The van der Waals surface area contributed by atoms with Crippen molar-refractivity contribution in [3.8, 4) is 11.5 Å². The van der Waals surface area contributed by atoms with E-state index in [9.17, 15) is 4.79 Å². The van der Waals surface area contributed by atoms with E-state index in [0.29, 0.717) is 27.2 Å². The van der Waals surface area contributed by atoms with Gasteiger partial charge in [-0.05, 0) is 42.2 Å². The van der Waals surface area contributed by atoms with Gasteiger partial charge in [-0.25, -0.2) is 0 Å². The van der Waals surface area contributed by atoms with Gasteiger partial charge in [0.15, 0.2) is 0 Å². The van der Waals surface area contributed by atoms with Crippen molar-refractivity contribution in [3.63, 3.8) is 0 Å². The molecule has 2 aromatic rings. The molecule has 0 spiro atoms. The Morgan fingerprint density at radius 3 is 2.46 bits per heavy atom. The third-order valence-electron chi connectivity index (χ3n) is 3.38. The van der Waals surface area contributed by atoms with Crippen molar-refractivity contribution in [1.29, 1.82) is 0 Å². The summed E-state index contributed by atoms with van der Waals surface area (Å²) in [6.45, 7) is 1.62. The fraction of sp³-hybridized carbons (Fsp3) is 0.375. The van der Waals surface area contributed by atoms with E-state index in [1.807, 2.05) is 14.1 Å². The highest BCUT2D eigenvalue weighted by atomic mass is 79.9. The first-order valence-corrected chi connectivity index (χ1v) is 8.14. The summed E-state index contributed by atoms with van der Waals surface area (Å²) in [7, 11) is 7.08. The van der Waals surface area contributed by atoms with Crippen molar-refractivity contribution in [2.24, 2.45) is 0 Å². The number of methoxy groups -OCH3 is 2. The molecule has 130 valence electrons. The van der Waals surface area contributed by atoms with Crippen LogP contribution >= 0.6 is 15.9 Å². The number of nitrogens with one attached hydrogen (secondary N) is 1. The maximum Gasteiger partial charge on any atom is 0.256 e. The second-order valence-corrected chi connectivity index (χ2v) is 6.24. The van der Waals surface area contributed by atoms with Gasteiger partial charge in [-0.1, -0.05) is 0 Å². The monoisotopic (exact) mass is 396 g/mol. The molecule has 1 aromatic carbocycles. The van der Waals surface area contributed by atoms with Gasteiger partial charge in [0.25, 0.3) is 5.91 Å². The minimum atomic E-state index is -0.258. The second kappa shape index (κ2) is 8.16. The number of carbonyl (C=O) groups is 1. The predicted molar refractivity (Wildman–Crippen MR) is 96.0 cm³/mol. The Morgan fingerprint density at radius 1 is 1.29 bits per heavy atom. The van der Waals surface area contributed by atoms with Gasteiger partial charge in [0.05, 0.1) is 32.6 Å². The average Bonchev–Trinajstić information content (AvgIpc) is 3.00. The van der Waals surface area contributed by atoms with Crippen LogP contribution in [0, 0.1) is 0 Å². The lowest BCUT2D eigenvalue weighted by Gasteiger charge is -2.11. The van der Waals surface area contributed by atoms with Gasteiger partial charge < -0.3 is 19.7 Å². The van der Waals surface area contributed by atoms with E-state index < -0.39 is 0 Å². The summed E-state index contributed by atoms with van der Waals surface area (Å²) in [6, 6.07) is 3.30. The minimum Gasteiger partial charge on any atom is -0.495 e. The van der Waals surface area contributed by atoms with Crippen LogP contribution in [0.15, 0.2) is 29.0 Å². The number of nitrogens with zero attached hydrogens (tertiary/aromatic N) is 3. The molecule has 0 unspecified atom stereocenters. The third kappa shape index (κ3) is 4.48. The second-order valence-electron chi connectivity index (χ2n) is 5.44. The smallest absolute Gasteiger partial charge is 0.256 e. The fourth-order valence-electron chi connectivity index (χ4n) is 2.06. The summed E-state index contributed by atoms with van der Waals surface area (Å²) in [6.07, 6.45) is 3.43. The minimum absolute atomic E-state index is 0.258. The number of rotatable bonds is 7. The molecule has 0 aliphatic heterocycles. The molecule has 8 heteroatoms. The van der Waals surface area contributed by atoms with E-state index in [1.165, 1.54) is 14.2 Å². The van der Waals surface area contributed by atoms with Crippen molar-refractivity contribution >= 4 is 27.5 Å². The Kier molecular flexibility index (Phi) is 6.22. The van der Waals surface area contributed by atoms with Crippen molar-refractivity contribution in [2.75, 3.05) is 40.2 Å². The Labute approximate surface area is 149 Å². The average molecular weight is 397 g/mol. The molecule has 0 atom stereocenters. The predicted octanol–water partition coefficient (Wildman–Crippen LogP) is 2.48. The number of halogens is 1. The Hall–Kier alpha value is -2.06. The highest BCUT2D eigenvalue weighted by Crippen LogP contribution is 2.35. The number of aromatic nitrogens is 2. The van der Waals surface area contributed by atoms with Crippen molar-refractivity contribution in [1.82, 2.24) is 14.7 Å². The molecule has 0 aliphatic carbocycles. The summed E-state index contributed by atoms with van der Waals surface area (Å²) >= 11 is 3.38. The molecule has 1 heterocycles. The van der Waals surface area contributed by atoms with Crippen LogP contribution in [-0.4, -0.2) is 55.4 Å². The van der Waals surface area contributed by atoms with Crippen LogP contribution < -0.4 is 14.8 Å². The van der Waals surface area contributed by atoms with Crippen LogP contribution in [0.3, 0.4) is 0 Å². The molecule has 0 bridgehead atoms. The van der Waals surface area contributed by atoms with Crippen LogP contribution in [-0.2, 0) is 6.54 Å². The van der Waals surface area contributed by atoms with Gasteiger partial charge in [-0.3, -0.25) is 9.48 Å². The number of anilines is 1. The van der Waals surface area contributed by atoms with E-state index in [2.05, 4.69) is 31.2 Å². The highest BCUT2D eigenvalue weighted by molar-refractivity contribution is 9.10. The topological polar surface area (TPSA) is 68.6 Å². The number of benzene rings is 1. The third-order valence-corrected chi connectivity index (χ3v) is 4.16. The van der Waals surface area contributed by atoms with Crippen LogP contribution in [0.1, 0.15) is 10.4 Å². The number of carbonyl (C=O) groups excluding carboxylic acids is 1. The van der Waals surface area contributed by atoms with Crippen LogP contribution in [0.4, 0.5) is 5.69 Å². The maximum atomic E-state index is 12.5. The molecule has 0 radical (unpaired) electrons.